The van der Waals surface area contributed by atoms with Crippen LogP contribution in [0.2, 0.25) is 0 Å². The van der Waals surface area contributed by atoms with Crippen LogP contribution in [-0.4, -0.2) is 68.0 Å². The van der Waals surface area contributed by atoms with Crippen molar-refractivity contribution in [2.75, 3.05) is 46.3 Å². The molecule has 1 saturated heterocycles. The number of piperazine rings is 1. The van der Waals surface area contributed by atoms with Gasteiger partial charge in [0, 0.05) is 58.4 Å². The lowest BCUT2D eigenvalue weighted by Gasteiger charge is -2.36. The zero-order chi connectivity index (χ0) is 19.6. The van der Waals surface area contributed by atoms with Crippen LogP contribution in [0.4, 0.5) is 0 Å². The van der Waals surface area contributed by atoms with Crippen molar-refractivity contribution >= 4 is 11.9 Å². The quantitative estimate of drug-likeness (QED) is 0.457. The van der Waals surface area contributed by atoms with E-state index >= 15 is 0 Å². The highest BCUT2D eigenvalue weighted by Gasteiger charge is 2.19. The molecule has 0 aliphatic carbocycles. The SMILES string of the molecule is CN=C(NCCNC(=O)c1ccccc1)N1CCN(Cc2ccccc2)CC1. The maximum Gasteiger partial charge on any atom is 0.251 e. The maximum absolute atomic E-state index is 12.1. The number of guanidine groups is 1. The fourth-order valence-electron chi connectivity index (χ4n) is 3.33. The fraction of sp³-hybridized carbons (Fsp3) is 0.364. The second-order valence-corrected chi connectivity index (χ2v) is 6.84. The fourth-order valence-corrected chi connectivity index (χ4v) is 3.33. The zero-order valence-corrected chi connectivity index (χ0v) is 16.5. The number of nitrogens with zero attached hydrogens (tertiary/aromatic N) is 3. The second kappa shape index (κ2) is 10.5. The molecule has 3 rings (SSSR count). The molecule has 2 N–H and O–H groups in total. The van der Waals surface area contributed by atoms with E-state index < -0.39 is 0 Å². The molecule has 0 aromatic heterocycles. The minimum absolute atomic E-state index is 0.0492. The lowest BCUT2D eigenvalue weighted by Crippen LogP contribution is -2.52. The summed E-state index contributed by atoms with van der Waals surface area (Å²) in [5.41, 5.74) is 2.04. The third-order valence-electron chi connectivity index (χ3n) is 4.86. The first-order valence-electron chi connectivity index (χ1n) is 9.81. The van der Waals surface area contributed by atoms with E-state index in [0.29, 0.717) is 18.7 Å². The first-order valence-corrected chi connectivity index (χ1v) is 9.81. The van der Waals surface area contributed by atoms with E-state index in [1.54, 1.807) is 7.05 Å². The molecule has 6 heteroatoms. The number of hydrogen-bond donors (Lipinski definition) is 2. The molecule has 0 spiro atoms. The third-order valence-corrected chi connectivity index (χ3v) is 4.86. The first-order chi connectivity index (χ1) is 13.8. The molecule has 1 amide bonds. The van der Waals surface area contributed by atoms with Crippen LogP contribution in [0.3, 0.4) is 0 Å². The van der Waals surface area contributed by atoms with Crippen molar-refractivity contribution in [2.45, 2.75) is 6.54 Å². The summed E-state index contributed by atoms with van der Waals surface area (Å²) >= 11 is 0. The molecule has 1 aliphatic heterocycles. The molecule has 2 aromatic carbocycles. The molecule has 1 fully saturated rings. The normalized spacial score (nSPS) is 15.3. The summed E-state index contributed by atoms with van der Waals surface area (Å²) in [4.78, 5) is 21.2. The third kappa shape index (κ3) is 5.82. The Labute approximate surface area is 167 Å². The molecule has 0 unspecified atom stereocenters. The number of aliphatic imine (C=N–C) groups is 1. The van der Waals surface area contributed by atoms with Gasteiger partial charge in [0.15, 0.2) is 5.96 Å². The van der Waals surface area contributed by atoms with Gasteiger partial charge in [-0.25, -0.2) is 0 Å². The minimum atomic E-state index is -0.0492. The van der Waals surface area contributed by atoms with Crippen molar-refractivity contribution in [1.29, 1.82) is 0 Å². The Kier molecular flexibility index (Phi) is 7.44. The van der Waals surface area contributed by atoms with Crippen LogP contribution in [0.25, 0.3) is 0 Å². The number of rotatable bonds is 6. The number of amides is 1. The number of benzene rings is 2. The molecule has 148 valence electrons. The average Bonchev–Trinajstić information content (AvgIpc) is 2.76. The van der Waals surface area contributed by atoms with Crippen LogP contribution in [0.15, 0.2) is 65.7 Å². The van der Waals surface area contributed by atoms with E-state index in [4.69, 9.17) is 0 Å². The summed E-state index contributed by atoms with van der Waals surface area (Å²) < 4.78 is 0. The van der Waals surface area contributed by atoms with E-state index in [9.17, 15) is 4.79 Å². The van der Waals surface area contributed by atoms with E-state index in [2.05, 4.69) is 55.8 Å². The summed E-state index contributed by atoms with van der Waals surface area (Å²) in [6, 6.07) is 19.9. The van der Waals surface area contributed by atoms with Gasteiger partial charge >= 0.3 is 0 Å². The van der Waals surface area contributed by atoms with Gasteiger partial charge in [-0.15, -0.1) is 0 Å². The number of carbonyl (C=O) groups is 1. The van der Waals surface area contributed by atoms with E-state index in [1.807, 2.05) is 30.3 Å². The molecule has 1 aliphatic rings. The minimum Gasteiger partial charge on any atom is -0.354 e. The average molecular weight is 380 g/mol. The monoisotopic (exact) mass is 379 g/mol. The van der Waals surface area contributed by atoms with Gasteiger partial charge in [0.25, 0.3) is 5.91 Å². The lowest BCUT2D eigenvalue weighted by atomic mass is 10.2. The van der Waals surface area contributed by atoms with Crippen LogP contribution in [-0.2, 0) is 6.54 Å². The van der Waals surface area contributed by atoms with Gasteiger partial charge in [0.2, 0.25) is 0 Å². The van der Waals surface area contributed by atoms with Gasteiger partial charge in [-0.1, -0.05) is 48.5 Å². The molecule has 0 bridgehead atoms. The number of hydrogen-bond acceptors (Lipinski definition) is 3. The highest BCUT2D eigenvalue weighted by molar-refractivity contribution is 5.94. The molecule has 1 heterocycles. The van der Waals surface area contributed by atoms with Crippen LogP contribution in [0.1, 0.15) is 15.9 Å². The maximum atomic E-state index is 12.1. The predicted molar refractivity (Wildman–Crippen MR) is 113 cm³/mol. The van der Waals surface area contributed by atoms with Gasteiger partial charge in [-0.2, -0.15) is 0 Å². The van der Waals surface area contributed by atoms with Crippen molar-refractivity contribution in [2.24, 2.45) is 4.99 Å². The summed E-state index contributed by atoms with van der Waals surface area (Å²) in [7, 11) is 1.81. The van der Waals surface area contributed by atoms with Crippen molar-refractivity contribution in [3.05, 3.63) is 71.8 Å². The number of nitrogens with one attached hydrogen (secondary N) is 2. The predicted octanol–water partition coefficient (Wildman–Crippen LogP) is 1.81. The largest absolute Gasteiger partial charge is 0.354 e. The van der Waals surface area contributed by atoms with Crippen LogP contribution in [0, 0.1) is 0 Å². The standard InChI is InChI=1S/C22H29N5O/c1-23-22(25-13-12-24-21(28)20-10-6-3-7-11-20)27-16-14-26(15-17-27)18-19-8-4-2-5-9-19/h2-11H,12-18H2,1H3,(H,23,25)(H,24,28). The highest BCUT2D eigenvalue weighted by Crippen LogP contribution is 2.08. The Balaban J connectivity index is 1.37. The Morgan fingerprint density at radius 3 is 2.14 bits per heavy atom. The van der Waals surface area contributed by atoms with Gasteiger partial charge in [0.05, 0.1) is 0 Å². The highest BCUT2D eigenvalue weighted by atomic mass is 16.1. The molecular formula is C22H29N5O. The van der Waals surface area contributed by atoms with Gasteiger partial charge in [-0.05, 0) is 17.7 Å². The Morgan fingerprint density at radius 2 is 1.50 bits per heavy atom. The van der Waals surface area contributed by atoms with Gasteiger partial charge < -0.3 is 15.5 Å². The first kappa shape index (κ1) is 19.9. The van der Waals surface area contributed by atoms with Crippen LogP contribution in [0.5, 0.6) is 0 Å². The van der Waals surface area contributed by atoms with E-state index in [1.165, 1.54) is 5.56 Å². The van der Waals surface area contributed by atoms with E-state index in [0.717, 1.165) is 38.7 Å². The lowest BCUT2D eigenvalue weighted by molar-refractivity contribution is 0.0954. The smallest absolute Gasteiger partial charge is 0.251 e. The Bertz CT molecular complexity index is 755. The van der Waals surface area contributed by atoms with E-state index in [-0.39, 0.29) is 5.91 Å². The molecule has 2 aromatic rings. The summed E-state index contributed by atoms with van der Waals surface area (Å²) in [5.74, 6) is 0.847. The Morgan fingerprint density at radius 1 is 0.893 bits per heavy atom. The molecular weight excluding hydrogens is 350 g/mol. The van der Waals surface area contributed by atoms with Crippen LogP contribution >= 0.6 is 0 Å². The van der Waals surface area contributed by atoms with Gasteiger partial charge in [0.1, 0.15) is 0 Å². The molecule has 0 saturated carbocycles. The Hall–Kier alpha value is -2.86. The van der Waals surface area contributed by atoms with Gasteiger partial charge in [-0.3, -0.25) is 14.7 Å². The number of carbonyl (C=O) groups excluding carboxylic acids is 1. The molecule has 0 atom stereocenters. The van der Waals surface area contributed by atoms with Crippen LogP contribution < -0.4 is 10.6 Å². The van der Waals surface area contributed by atoms with Crippen molar-refractivity contribution < 1.29 is 4.79 Å². The summed E-state index contributed by atoms with van der Waals surface area (Å²) in [6.07, 6.45) is 0. The molecule has 6 nitrogen and oxygen atoms in total. The molecule has 28 heavy (non-hydrogen) atoms. The summed E-state index contributed by atoms with van der Waals surface area (Å²) in [6.45, 7) is 6.12. The van der Waals surface area contributed by atoms with Crippen molar-refractivity contribution in [3.8, 4) is 0 Å². The summed E-state index contributed by atoms with van der Waals surface area (Å²) in [5, 5.41) is 6.29. The second-order valence-electron chi connectivity index (χ2n) is 6.84. The van der Waals surface area contributed by atoms with Crippen molar-refractivity contribution in [3.63, 3.8) is 0 Å². The topological polar surface area (TPSA) is 60.0 Å². The molecule has 0 radical (unpaired) electrons. The van der Waals surface area contributed by atoms with Crippen molar-refractivity contribution in [1.82, 2.24) is 20.4 Å². The zero-order valence-electron chi connectivity index (χ0n) is 16.5.